The van der Waals surface area contributed by atoms with Crippen molar-refractivity contribution in [3.8, 4) is 5.75 Å². The maximum absolute atomic E-state index is 13.0. The average Bonchev–Trinajstić information content (AvgIpc) is 3.16. The summed E-state index contributed by atoms with van der Waals surface area (Å²) in [5, 5.41) is 8.15. The summed E-state index contributed by atoms with van der Waals surface area (Å²) >= 11 is 0. The monoisotopic (exact) mass is 432 g/mol. The van der Waals surface area contributed by atoms with E-state index in [-0.39, 0.29) is 5.56 Å². The molecule has 31 heavy (non-hydrogen) atoms. The first-order valence-corrected chi connectivity index (χ1v) is 9.98. The number of rotatable bonds is 4. The number of anilines is 1. The van der Waals surface area contributed by atoms with Crippen LogP contribution in [-0.2, 0) is 6.18 Å². The molecular formula is C22H23F3N4O2. The number of amides is 1. The lowest BCUT2D eigenvalue weighted by molar-refractivity contribution is -0.137. The molecule has 1 amide bonds. The summed E-state index contributed by atoms with van der Waals surface area (Å²) in [7, 11) is 3.56. The van der Waals surface area contributed by atoms with Gasteiger partial charge < -0.3 is 15.0 Å². The van der Waals surface area contributed by atoms with Gasteiger partial charge in [0.05, 0.1) is 29.9 Å². The lowest BCUT2D eigenvalue weighted by atomic mass is 10.1. The second-order valence-corrected chi connectivity index (χ2v) is 7.79. The van der Waals surface area contributed by atoms with Gasteiger partial charge in [0, 0.05) is 23.2 Å². The van der Waals surface area contributed by atoms with E-state index in [4.69, 9.17) is 4.74 Å². The standard InChI is InChI=1S/C22H23F3N4O2/c1-28-8-6-17(7-9-28)29-13-15-11-19(20(31-2)12-18(15)27-29)26-21(30)14-4-3-5-16(10-14)22(23,24)25/h3-5,10-13,17H,6-9H2,1-2H3,(H,26,30). The Morgan fingerprint density at radius 1 is 1.19 bits per heavy atom. The van der Waals surface area contributed by atoms with Gasteiger partial charge in [-0.15, -0.1) is 0 Å². The number of fused-ring (bicyclic) bond motifs is 1. The molecule has 1 aliphatic rings. The van der Waals surface area contributed by atoms with Gasteiger partial charge in [0.15, 0.2) is 0 Å². The topological polar surface area (TPSA) is 59.4 Å². The van der Waals surface area contributed by atoms with Gasteiger partial charge in [-0.05, 0) is 57.2 Å². The van der Waals surface area contributed by atoms with Gasteiger partial charge in [-0.2, -0.15) is 18.3 Å². The van der Waals surface area contributed by atoms with E-state index in [9.17, 15) is 18.0 Å². The third kappa shape index (κ3) is 4.51. The number of hydrogen-bond acceptors (Lipinski definition) is 4. The van der Waals surface area contributed by atoms with E-state index < -0.39 is 17.6 Å². The zero-order chi connectivity index (χ0) is 22.2. The molecule has 6 nitrogen and oxygen atoms in total. The highest BCUT2D eigenvalue weighted by molar-refractivity contribution is 6.06. The van der Waals surface area contributed by atoms with Crippen molar-refractivity contribution in [1.82, 2.24) is 14.7 Å². The van der Waals surface area contributed by atoms with E-state index in [1.165, 1.54) is 19.2 Å². The predicted molar refractivity (Wildman–Crippen MR) is 111 cm³/mol. The molecule has 2 heterocycles. The van der Waals surface area contributed by atoms with Crippen molar-refractivity contribution in [3.63, 3.8) is 0 Å². The highest BCUT2D eigenvalue weighted by atomic mass is 19.4. The third-order valence-electron chi connectivity index (χ3n) is 5.61. The van der Waals surface area contributed by atoms with E-state index in [0.717, 1.165) is 49.0 Å². The largest absolute Gasteiger partial charge is 0.494 e. The molecule has 1 aromatic heterocycles. The highest BCUT2D eigenvalue weighted by Crippen LogP contribution is 2.33. The molecule has 1 aliphatic heterocycles. The number of benzene rings is 2. The molecule has 0 aliphatic carbocycles. The number of halogens is 3. The van der Waals surface area contributed by atoms with Crippen LogP contribution >= 0.6 is 0 Å². The van der Waals surface area contributed by atoms with Crippen LogP contribution < -0.4 is 10.1 Å². The van der Waals surface area contributed by atoms with Crippen LogP contribution in [0.1, 0.15) is 34.8 Å². The second kappa shape index (κ2) is 8.22. The van der Waals surface area contributed by atoms with Crippen molar-refractivity contribution >= 4 is 22.5 Å². The van der Waals surface area contributed by atoms with Gasteiger partial charge in [-0.25, -0.2) is 0 Å². The molecule has 1 fully saturated rings. The number of alkyl halides is 3. The Hall–Kier alpha value is -3.07. The fourth-order valence-corrected chi connectivity index (χ4v) is 3.82. The zero-order valence-electron chi connectivity index (χ0n) is 17.2. The quantitative estimate of drug-likeness (QED) is 0.656. The van der Waals surface area contributed by atoms with E-state index in [2.05, 4.69) is 22.4 Å². The first-order chi connectivity index (χ1) is 14.7. The summed E-state index contributed by atoms with van der Waals surface area (Å²) in [6, 6.07) is 8.08. The number of hydrogen-bond donors (Lipinski definition) is 1. The minimum atomic E-state index is -4.52. The van der Waals surface area contributed by atoms with Crippen LogP contribution in [0.4, 0.5) is 18.9 Å². The molecule has 0 spiro atoms. The van der Waals surface area contributed by atoms with Crippen LogP contribution in [0.15, 0.2) is 42.6 Å². The Labute approximate surface area is 177 Å². The van der Waals surface area contributed by atoms with Crippen molar-refractivity contribution in [2.45, 2.75) is 25.1 Å². The SMILES string of the molecule is COc1cc2nn(C3CCN(C)CC3)cc2cc1NC(=O)c1cccc(C(F)(F)F)c1. The molecule has 3 aromatic rings. The Kier molecular flexibility index (Phi) is 5.62. The van der Waals surface area contributed by atoms with E-state index in [1.807, 2.05) is 10.9 Å². The van der Waals surface area contributed by atoms with Gasteiger partial charge in [-0.3, -0.25) is 9.48 Å². The minimum absolute atomic E-state index is 0.0843. The average molecular weight is 432 g/mol. The van der Waals surface area contributed by atoms with Crippen molar-refractivity contribution < 1.29 is 22.7 Å². The number of nitrogens with zero attached hydrogens (tertiary/aromatic N) is 3. The molecule has 0 radical (unpaired) electrons. The zero-order valence-corrected chi connectivity index (χ0v) is 17.2. The van der Waals surface area contributed by atoms with Crippen LogP contribution in [0.25, 0.3) is 10.9 Å². The first-order valence-electron chi connectivity index (χ1n) is 9.98. The Morgan fingerprint density at radius 2 is 1.94 bits per heavy atom. The Balaban J connectivity index is 1.60. The van der Waals surface area contributed by atoms with E-state index >= 15 is 0 Å². The van der Waals surface area contributed by atoms with Crippen molar-refractivity contribution in [2.24, 2.45) is 0 Å². The fourth-order valence-electron chi connectivity index (χ4n) is 3.82. The lowest BCUT2D eigenvalue weighted by Gasteiger charge is -2.28. The van der Waals surface area contributed by atoms with Gasteiger partial charge >= 0.3 is 6.18 Å². The predicted octanol–water partition coefficient (Wildman–Crippen LogP) is 4.58. The summed E-state index contributed by atoms with van der Waals surface area (Å²) < 4.78 is 46.2. The number of carbonyl (C=O) groups excluding carboxylic acids is 1. The summed E-state index contributed by atoms with van der Waals surface area (Å²) in [4.78, 5) is 14.9. The maximum Gasteiger partial charge on any atom is 0.416 e. The number of methoxy groups -OCH3 is 1. The van der Waals surface area contributed by atoms with Crippen LogP contribution in [0.2, 0.25) is 0 Å². The number of likely N-dealkylation sites (tertiary alicyclic amines) is 1. The van der Waals surface area contributed by atoms with Crippen molar-refractivity contribution in [3.05, 3.63) is 53.7 Å². The van der Waals surface area contributed by atoms with Crippen LogP contribution in [0.3, 0.4) is 0 Å². The smallest absolute Gasteiger partial charge is 0.416 e. The molecule has 0 bridgehead atoms. The van der Waals surface area contributed by atoms with Crippen molar-refractivity contribution in [1.29, 1.82) is 0 Å². The molecule has 9 heteroatoms. The molecular weight excluding hydrogens is 409 g/mol. The fraction of sp³-hybridized carbons (Fsp3) is 0.364. The molecule has 2 aromatic carbocycles. The molecule has 0 atom stereocenters. The van der Waals surface area contributed by atoms with Crippen LogP contribution in [0.5, 0.6) is 5.75 Å². The second-order valence-electron chi connectivity index (χ2n) is 7.79. The normalized spacial score (nSPS) is 15.9. The molecule has 1 N–H and O–H groups in total. The molecule has 4 rings (SSSR count). The number of nitrogens with one attached hydrogen (secondary N) is 1. The summed E-state index contributed by atoms with van der Waals surface area (Å²) in [5.74, 6) is -0.257. The third-order valence-corrected chi connectivity index (χ3v) is 5.61. The van der Waals surface area contributed by atoms with E-state index in [0.29, 0.717) is 17.5 Å². The van der Waals surface area contributed by atoms with Gasteiger partial charge in [0.25, 0.3) is 5.91 Å². The van der Waals surface area contributed by atoms with Crippen molar-refractivity contribution in [2.75, 3.05) is 32.6 Å². The number of carbonyl (C=O) groups is 1. The minimum Gasteiger partial charge on any atom is -0.494 e. The molecule has 0 saturated carbocycles. The molecule has 1 saturated heterocycles. The van der Waals surface area contributed by atoms with Crippen LogP contribution in [0, 0.1) is 0 Å². The highest BCUT2D eigenvalue weighted by Gasteiger charge is 2.31. The Morgan fingerprint density at radius 3 is 2.61 bits per heavy atom. The molecule has 164 valence electrons. The summed E-state index contributed by atoms with van der Waals surface area (Å²) in [6.45, 7) is 2.00. The molecule has 0 unspecified atom stereocenters. The summed E-state index contributed by atoms with van der Waals surface area (Å²) in [6.07, 6.45) is -0.582. The van der Waals surface area contributed by atoms with Crippen LogP contribution in [-0.4, -0.2) is 47.8 Å². The number of aromatic nitrogens is 2. The Bertz CT molecular complexity index is 1100. The lowest BCUT2D eigenvalue weighted by Crippen LogP contribution is -2.31. The summed E-state index contributed by atoms with van der Waals surface area (Å²) in [5.41, 5.74) is 0.147. The van der Waals surface area contributed by atoms with E-state index in [1.54, 1.807) is 12.1 Å². The first kappa shape index (κ1) is 21.2. The van der Waals surface area contributed by atoms with Gasteiger partial charge in [0.1, 0.15) is 5.75 Å². The number of ether oxygens (including phenoxy) is 1. The van der Waals surface area contributed by atoms with Gasteiger partial charge in [0.2, 0.25) is 0 Å². The van der Waals surface area contributed by atoms with Gasteiger partial charge in [-0.1, -0.05) is 6.07 Å². The maximum atomic E-state index is 13.0. The number of piperidine rings is 1.